The second kappa shape index (κ2) is 7.88. The predicted molar refractivity (Wildman–Crippen MR) is 93.0 cm³/mol. The Morgan fingerprint density at radius 2 is 1.18 bits per heavy atom. The van der Waals surface area contributed by atoms with Crippen LogP contribution in [0, 0.1) is 0 Å². The van der Waals surface area contributed by atoms with Crippen molar-refractivity contribution >= 4 is 47.7 Å². The van der Waals surface area contributed by atoms with Crippen molar-refractivity contribution < 1.29 is 0 Å². The van der Waals surface area contributed by atoms with Crippen molar-refractivity contribution in [3.63, 3.8) is 0 Å². The first kappa shape index (κ1) is 15.6. The molecule has 0 saturated carbocycles. The summed E-state index contributed by atoms with van der Waals surface area (Å²) < 4.78 is 0. The molecular weight excluding hydrogens is 545 g/mol. The van der Waals surface area contributed by atoms with E-state index in [4.69, 9.17) is 0 Å². The maximum atomic E-state index is 4.19. The molecule has 2 heterocycles. The maximum absolute atomic E-state index is 4.19. The van der Waals surface area contributed by atoms with Crippen molar-refractivity contribution in [2.45, 2.75) is 9.88 Å². The van der Waals surface area contributed by atoms with Gasteiger partial charge in [-0.25, -0.2) is 0 Å². The molecule has 90 valence electrons. The smallest absolute Gasteiger partial charge is 0.0886 e. The molecule has 2 rings (SSSR count). The second-order valence-corrected chi connectivity index (χ2v) is 61.4. The van der Waals surface area contributed by atoms with Crippen molar-refractivity contribution in [3.8, 4) is 11.4 Å². The zero-order valence-corrected chi connectivity index (χ0v) is 16.9. The zero-order chi connectivity index (χ0) is 12.7. The Labute approximate surface area is 126 Å². The first-order chi connectivity index (χ1) is 7.97. The minimum absolute atomic E-state index is 0.915. The van der Waals surface area contributed by atoms with Gasteiger partial charge < -0.3 is 0 Å². The van der Waals surface area contributed by atoms with Gasteiger partial charge in [0.2, 0.25) is 0 Å². The Balaban J connectivity index is 0.000000249. The van der Waals surface area contributed by atoms with Gasteiger partial charge in [-0.1, -0.05) is 12.1 Å². The molecule has 0 N–H and O–H groups in total. The number of halogens is 2. The van der Waals surface area contributed by atoms with Gasteiger partial charge in [-0.15, -0.1) is 0 Å². The van der Waals surface area contributed by atoms with E-state index in [9.17, 15) is 0 Å². The zero-order valence-electron chi connectivity index (χ0n) is 9.77. The molecule has 2 aromatic heterocycles. The molecule has 0 unspecified atom stereocenters. The van der Waals surface area contributed by atoms with Crippen LogP contribution >= 0.6 is 37.3 Å². The van der Waals surface area contributed by atoms with E-state index in [2.05, 4.69) is 57.1 Å². The third-order valence-electron chi connectivity index (χ3n) is 1.59. The average Bonchev–Trinajstić information content (AvgIpc) is 2.29. The molecular formula is C12H14I2N2Sn. The number of hydrogen-bond acceptors (Lipinski definition) is 2. The van der Waals surface area contributed by atoms with Crippen molar-refractivity contribution in [2.75, 3.05) is 0 Å². The average molecular weight is 559 g/mol. The monoisotopic (exact) mass is 560 g/mol. The largest absolute Gasteiger partial charge is 0.255 e. The summed E-state index contributed by atoms with van der Waals surface area (Å²) >= 11 is 5.15. The summed E-state index contributed by atoms with van der Waals surface area (Å²) in [6.45, 7) is 0. The molecule has 2 nitrogen and oxygen atoms in total. The summed E-state index contributed by atoms with van der Waals surface area (Å²) in [7, 11) is -1.24. The van der Waals surface area contributed by atoms with Crippen LogP contribution in [-0.2, 0) is 0 Å². The van der Waals surface area contributed by atoms with E-state index < -0.39 is 10.4 Å². The minimum atomic E-state index is -1.24. The molecule has 0 amide bonds. The van der Waals surface area contributed by atoms with E-state index in [0.717, 1.165) is 11.4 Å². The van der Waals surface area contributed by atoms with E-state index in [0.29, 0.717) is 0 Å². The van der Waals surface area contributed by atoms with Crippen molar-refractivity contribution in [1.29, 1.82) is 0 Å². The van der Waals surface area contributed by atoms with Crippen molar-refractivity contribution in [1.82, 2.24) is 9.97 Å². The molecule has 0 saturated heterocycles. The molecule has 0 bridgehead atoms. The Hall–Kier alpha value is 0.559. The molecule has 17 heavy (non-hydrogen) atoms. The molecule has 0 radical (unpaired) electrons. The van der Waals surface area contributed by atoms with Crippen LogP contribution in [-0.4, -0.2) is 20.4 Å². The standard InChI is InChI=1S/C10H8N2.2CH3.2HI.Sn/c1-3-7-11-9(5-1)10-6-2-4-8-12-10;;;;;/h1-8H;2*1H3;2*1H;/q;;;;;+2/p-2. The normalized spacial score (nSPS) is 10.4. The van der Waals surface area contributed by atoms with E-state index in [-0.39, 0.29) is 0 Å². The predicted octanol–water partition coefficient (Wildman–Crippen LogP) is 4.70. The van der Waals surface area contributed by atoms with Gasteiger partial charge in [-0.05, 0) is 24.3 Å². The summed E-state index contributed by atoms with van der Waals surface area (Å²) in [5.74, 6) is 0. The van der Waals surface area contributed by atoms with Crippen LogP contribution in [0.4, 0.5) is 0 Å². The van der Waals surface area contributed by atoms with Crippen molar-refractivity contribution in [3.05, 3.63) is 48.8 Å². The third-order valence-corrected chi connectivity index (χ3v) is 1.59. The number of nitrogens with zero attached hydrogens (tertiary/aromatic N) is 2. The molecule has 0 aliphatic rings. The van der Waals surface area contributed by atoms with Crippen LogP contribution in [0.3, 0.4) is 0 Å². The SMILES string of the molecule is [CH3][Sn]([CH3])([I])[I].c1ccc(-c2ccccn2)nc1. The van der Waals surface area contributed by atoms with E-state index in [1.807, 2.05) is 36.4 Å². The Morgan fingerprint density at radius 3 is 1.41 bits per heavy atom. The van der Waals surface area contributed by atoms with Crippen LogP contribution in [0.25, 0.3) is 11.4 Å². The number of hydrogen-bond donors (Lipinski definition) is 0. The first-order valence-electron chi connectivity index (χ1n) is 5.17. The Bertz CT molecular complexity index is 386. The van der Waals surface area contributed by atoms with Crippen LogP contribution in [0.1, 0.15) is 0 Å². The van der Waals surface area contributed by atoms with Gasteiger partial charge >= 0.3 is 57.6 Å². The van der Waals surface area contributed by atoms with Gasteiger partial charge in [0.15, 0.2) is 0 Å². The fourth-order valence-electron chi connectivity index (χ4n) is 1.03. The molecule has 0 aliphatic carbocycles. The summed E-state index contributed by atoms with van der Waals surface area (Å²) in [6.07, 6.45) is 3.54. The Kier molecular flexibility index (Phi) is 7.24. The van der Waals surface area contributed by atoms with Crippen molar-refractivity contribution in [2.24, 2.45) is 0 Å². The second-order valence-electron chi connectivity index (χ2n) is 3.76. The van der Waals surface area contributed by atoms with E-state index in [1.165, 1.54) is 0 Å². The number of aromatic nitrogens is 2. The van der Waals surface area contributed by atoms with Gasteiger partial charge in [0.25, 0.3) is 0 Å². The van der Waals surface area contributed by atoms with Crippen LogP contribution in [0.5, 0.6) is 0 Å². The molecule has 5 heteroatoms. The fraction of sp³-hybridized carbons (Fsp3) is 0.167. The van der Waals surface area contributed by atoms with Gasteiger partial charge in [0, 0.05) is 12.4 Å². The molecule has 0 spiro atoms. The van der Waals surface area contributed by atoms with Crippen LogP contribution < -0.4 is 0 Å². The summed E-state index contributed by atoms with van der Waals surface area (Å²) in [6, 6.07) is 11.6. The van der Waals surface area contributed by atoms with Gasteiger partial charge in [0.05, 0.1) is 11.4 Å². The van der Waals surface area contributed by atoms with E-state index in [1.54, 1.807) is 12.4 Å². The molecule has 0 atom stereocenters. The summed E-state index contributed by atoms with van der Waals surface area (Å²) in [5.41, 5.74) is 1.83. The quantitative estimate of drug-likeness (QED) is 0.375. The topological polar surface area (TPSA) is 25.8 Å². The number of rotatable bonds is 1. The molecule has 0 aliphatic heterocycles. The first-order valence-corrected chi connectivity index (χ1v) is 27.5. The third kappa shape index (κ3) is 8.30. The summed E-state index contributed by atoms with van der Waals surface area (Å²) in [5, 5.41) is 0. The van der Waals surface area contributed by atoms with E-state index >= 15 is 0 Å². The van der Waals surface area contributed by atoms with Crippen LogP contribution in [0.2, 0.25) is 9.88 Å². The van der Waals surface area contributed by atoms with Gasteiger partial charge in [-0.3, -0.25) is 9.97 Å². The maximum Gasteiger partial charge on any atom is 0.0886 e. The summed E-state index contributed by atoms with van der Waals surface area (Å²) in [4.78, 5) is 13.1. The van der Waals surface area contributed by atoms with Gasteiger partial charge in [-0.2, -0.15) is 0 Å². The molecule has 0 fully saturated rings. The van der Waals surface area contributed by atoms with Crippen LogP contribution in [0.15, 0.2) is 48.8 Å². The minimum Gasteiger partial charge on any atom is -0.255 e. The molecule has 2 aromatic rings. The number of pyridine rings is 2. The van der Waals surface area contributed by atoms with Gasteiger partial charge in [0.1, 0.15) is 0 Å². The molecule has 0 aromatic carbocycles. The fourth-order valence-corrected chi connectivity index (χ4v) is 1.03. The Morgan fingerprint density at radius 1 is 0.824 bits per heavy atom.